The molecule has 178 valence electrons. The maximum atomic E-state index is 4.93. The minimum Gasteiger partial charge on any atom is -0.279 e. The van der Waals surface area contributed by atoms with Crippen molar-refractivity contribution in [2.24, 2.45) is 0 Å². The maximum absolute atomic E-state index is 4.93. The van der Waals surface area contributed by atoms with E-state index in [1.165, 1.54) is 94.1 Å². The summed E-state index contributed by atoms with van der Waals surface area (Å²) >= 11 is 1.91. The molecule has 1 unspecified atom stereocenters. The Morgan fingerprint density at radius 1 is 0.844 bits per heavy atom. The molecule has 2 heterocycles. The molecule has 5 heteroatoms. The number of para-hydroxylation sites is 2. The lowest BCUT2D eigenvalue weighted by Crippen LogP contribution is -2.19. The third-order valence-corrected chi connectivity index (χ3v) is 10.7. The number of fused-ring (bicyclic) bond motifs is 3. The Morgan fingerprint density at radius 3 is 2.06 bits per heavy atom. The van der Waals surface area contributed by atoms with Gasteiger partial charge in [0.15, 0.2) is 5.16 Å². The van der Waals surface area contributed by atoms with Crippen LogP contribution in [0.3, 0.4) is 0 Å². The molecule has 1 aromatic heterocycles. The van der Waals surface area contributed by atoms with Crippen molar-refractivity contribution in [2.45, 2.75) is 109 Å². The summed E-state index contributed by atoms with van der Waals surface area (Å²) in [6.45, 7) is 9.05. The number of rotatable bonds is 16. The summed E-state index contributed by atoms with van der Waals surface area (Å²) in [5.74, 6) is 0. The first-order chi connectivity index (χ1) is 15.8. The highest BCUT2D eigenvalue weighted by molar-refractivity contribution is 8.11. The van der Waals surface area contributed by atoms with Crippen LogP contribution < -0.4 is 0 Å². The van der Waals surface area contributed by atoms with E-state index in [-0.39, 0.29) is 0 Å². The number of allylic oxidation sites excluding steroid dienone is 1. The van der Waals surface area contributed by atoms with Crippen LogP contribution in [-0.4, -0.2) is 27.1 Å². The fourth-order valence-electron chi connectivity index (χ4n) is 4.56. The second-order valence-electron chi connectivity index (χ2n) is 8.95. The van der Waals surface area contributed by atoms with Crippen molar-refractivity contribution in [3.05, 3.63) is 35.0 Å². The number of unbranched alkanes of at least 4 members (excludes halogenated alkanes) is 12. The van der Waals surface area contributed by atoms with Crippen LogP contribution in [-0.2, 0) is 0 Å². The van der Waals surface area contributed by atoms with Crippen LogP contribution in [0.1, 0.15) is 104 Å². The Hall–Kier alpha value is -0.830. The van der Waals surface area contributed by atoms with E-state index in [4.69, 9.17) is 4.98 Å². The van der Waals surface area contributed by atoms with Crippen molar-refractivity contribution < 1.29 is 0 Å². The number of aromatic nitrogens is 2. The first kappa shape index (κ1) is 25.8. The van der Waals surface area contributed by atoms with Gasteiger partial charge in [0.1, 0.15) is 8.22 Å². The molecule has 0 saturated heterocycles. The van der Waals surface area contributed by atoms with Crippen molar-refractivity contribution in [1.29, 1.82) is 0 Å². The molecule has 1 aliphatic heterocycles. The van der Waals surface area contributed by atoms with Crippen LogP contribution >= 0.6 is 20.0 Å². The van der Waals surface area contributed by atoms with E-state index >= 15 is 0 Å². The number of nitrogens with zero attached hydrogens (tertiary/aromatic N) is 3. The molecule has 1 aromatic carbocycles. The molecule has 0 saturated carbocycles. The van der Waals surface area contributed by atoms with Crippen molar-refractivity contribution in [2.75, 3.05) is 13.1 Å². The zero-order valence-electron chi connectivity index (χ0n) is 20.7. The van der Waals surface area contributed by atoms with Gasteiger partial charge in [-0.25, -0.2) is 4.98 Å². The van der Waals surface area contributed by atoms with Crippen LogP contribution in [0.5, 0.6) is 0 Å². The molecule has 0 radical (unpaired) electrons. The van der Waals surface area contributed by atoms with Gasteiger partial charge in [-0.3, -0.25) is 9.01 Å². The lowest BCUT2D eigenvalue weighted by atomic mass is 10.0. The van der Waals surface area contributed by atoms with E-state index in [9.17, 15) is 0 Å². The third kappa shape index (κ3) is 7.08. The van der Waals surface area contributed by atoms with Crippen molar-refractivity contribution in [1.82, 2.24) is 14.0 Å². The van der Waals surface area contributed by atoms with Crippen LogP contribution in [0.4, 0.5) is 0 Å². The first-order valence-corrected chi connectivity index (χ1v) is 15.3. The molecule has 1 atom stereocenters. The predicted octanol–water partition coefficient (Wildman–Crippen LogP) is 9.58. The zero-order valence-corrected chi connectivity index (χ0v) is 22.4. The van der Waals surface area contributed by atoms with E-state index < -0.39 is 8.22 Å². The smallest absolute Gasteiger partial charge is 0.178 e. The van der Waals surface area contributed by atoms with E-state index in [0.29, 0.717) is 0 Å². The number of hydrogen-bond acceptors (Lipinski definition) is 3. The molecule has 0 spiro atoms. The molecule has 0 bridgehead atoms. The summed E-state index contributed by atoms with van der Waals surface area (Å²) < 4.78 is 6.69. The van der Waals surface area contributed by atoms with E-state index in [1.807, 2.05) is 11.8 Å². The van der Waals surface area contributed by atoms with Crippen LogP contribution in [0.15, 0.2) is 40.1 Å². The van der Waals surface area contributed by atoms with Gasteiger partial charge in [-0.2, -0.15) is 0 Å². The molecule has 2 aromatic rings. The van der Waals surface area contributed by atoms with E-state index in [2.05, 4.69) is 60.1 Å². The fourth-order valence-corrected chi connectivity index (χ4v) is 8.94. The fraction of sp³-hybridized carbons (Fsp3) is 0.667. The number of thioether (sulfide) groups is 1. The van der Waals surface area contributed by atoms with Crippen molar-refractivity contribution >= 4 is 31.0 Å². The Morgan fingerprint density at radius 2 is 1.44 bits per heavy atom. The molecule has 0 N–H and O–H groups in total. The van der Waals surface area contributed by atoms with Gasteiger partial charge in [0.05, 0.1) is 11.0 Å². The van der Waals surface area contributed by atoms with Crippen LogP contribution in [0, 0.1) is 0 Å². The minimum atomic E-state index is -0.480. The van der Waals surface area contributed by atoms with Crippen molar-refractivity contribution in [3.8, 4) is 0 Å². The topological polar surface area (TPSA) is 21.1 Å². The van der Waals surface area contributed by atoms with Gasteiger partial charge in [-0.1, -0.05) is 110 Å². The van der Waals surface area contributed by atoms with E-state index in [1.54, 1.807) is 4.65 Å². The van der Waals surface area contributed by atoms with Gasteiger partial charge in [-0.15, -0.1) is 0 Å². The van der Waals surface area contributed by atoms with Crippen molar-refractivity contribution in [3.63, 3.8) is 0 Å². The predicted molar refractivity (Wildman–Crippen MR) is 145 cm³/mol. The summed E-state index contributed by atoms with van der Waals surface area (Å²) in [5, 5.41) is 1.19. The Kier molecular flexibility index (Phi) is 11.6. The van der Waals surface area contributed by atoms with Gasteiger partial charge in [0, 0.05) is 17.7 Å². The second kappa shape index (κ2) is 14.4. The van der Waals surface area contributed by atoms with Gasteiger partial charge in [0.2, 0.25) is 0 Å². The zero-order chi connectivity index (χ0) is 22.6. The van der Waals surface area contributed by atoms with Gasteiger partial charge >= 0.3 is 0 Å². The molecule has 1 aliphatic rings. The lowest BCUT2D eigenvalue weighted by molar-refractivity contribution is 0.504. The molecule has 0 fully saturated rings. The number of benzene rings is 1. The Bertz CT molecular complexity index is 827. The largest absolute Gasteiger partial charge is 0.279 e. The average molecular weight is 474 g/mol. The summed E-state index contributed by atoms with van der Waals surface area (Å²) in [6, 6.07) is 8.62. The highest BCUT2D eigenvalue weighted by Gasteiger charge is 2.34. The van der Waals surface area contributed by atoms with Gasteiger partial charge in [-0.05, 0) is 36.7 Å². The monoisotopic (exact) mass is 473 g/mol. The van der Waals surface area contributed by atoms with Crippen LogP contribution in [0.2, 0.25) is 0 Å². The molecule has 3 rings (SSSR count). The maximum Gasteiger partial charge on any atom is 0.178 e. The number of imidazole rings is 1. The highest BCUT2D eigenvalue weighted by atomic mass is 32.2. The molecule has 0 amide bonds. The quantitative estimate of drug-likeness (QED) is 0.179. The summed E-state index contributed by atoms with van der Waals surface area (Å²) in [4.78, 5) is 4.93. The lowest BCUT2D eigenvalue weighted by Gasteiger charge is -2.27. The summed E-state index contributed by atoms with van der Waals surface area (Å²) in [6.07, 6.45) is 20.7. The SMILES string of the molecule is CCCCCCCCCCCCCC/C=C1/Sc2nc3ccccc3n2P1N(CC)CC. The highest BCUT2D eigenvalue weighted by Crippen LogP contribution is 2.64. The molecular formula is C27H44N3PS. The standard InChI is InChI=1S/C27H44N3PS/c1-4-7-8-9-10-11-12-13-14-15-16-17-18-23-26-31(29(5-2)6-3)30-25-22-20-19-21-24(25)28-27(30)32-26/h19-23H,4-18H2,1-3H3/b26-23+. The Balaban J connectivity index is 1.41. The third-order valence-electron chi connectivity index (χ3n) is 6.46. The Labute approximate surface area is 202 Å². The average Bonchev–Trinajstić information content (AvgIpc) is 3.34. The van der Waals surface area contributed by atoms with Crippen LogP contribution in [0.25, 0.3) is 11.0 Å². The van der Waals surface area contributed by atoms with Gasteiger partial charge in [0.25, 0.3) is 0 Å². The minimum absolute atomic E-state index is 0.480. The molecule has 0 aliphatic carbocycles. The molecule has 32 heavy (non-hydrogen) atoms. The van der Waals surface area contributed by atoms with Gasteiger partial charge < -0.3 is 0 Å². The summed E-state index contributed by atoms with van der Waals surface area (Å²) in [5.41, 5.74) is 2.43. The molecular weight excluding hydrogens is 429 g/mol. The second-order valence-corrected chi connectivity index (χ2v) is 12.3. The van der Waals surface area contributed by atoms with E-state index in [0.717, 1.165) is 18.6 Å². The first-order valence-electron chi connectivity index (χ1n) is 13.2. The number of hydrogen-bond donors (Lipinski definition) is 0. The normalized spacial score (nSPS) is 17.1. The summed E-state index contributed by atoms with van der Waals surface area (Å²) in [7, 11) is -0.480. The molecule has 3 nitrogen and oxygen atoms in total.